The lowest BCUT2D eigenvalue weighted by atomic mass is 9.74. The van der Waals surface area contributed by atoms with Gasteiger partial charge in [-0.05, 0) is 43.9 Å². The third kappa shape index (κ3) is 5.49. The van der Waals surface area contributed by atoms with Gasteiger partial charge in [0.15, 0.2) is 5.60 Å². The highest BCUT2D eigenvalue weighted by molar-refractivity contribution is 5.74. The smallest absolute Gasteiger partial charge is 0.418 e. The van der Waals surface area contributed by atoms with E-state index in [-0.39, 0.29) is 42.4 Å². The minimum absolute atomic E-state index is 0.134. The normalized spacial score (nSPS) is 22.9. The number of alkyl halides is 3. The summed E-state index contributed by atoms with van der Waals surface area (Å²) in [6.45, 7) is 7.83. The van der Waals surface area contributed by atoms with Gasteiger partial charge in [0.05, 0.1) is 7.11 Å². The third-order valence-electron chi connectivity index (χ3n) is 6.00. The van der Waals surface area contributed by atoms with Gasteiger partial charge >= 0.3 is 6.18 Å². The SMILES string of the molecule is COc1ccc(F)cc1C(C)(C)CC(O)(CN1CC(C)N(C(C)=O)C(C)C1)C(F)(F)F. The Hall–Kier alpha value is -1.87. The lowest BCUT2D eigenvalue weighted by molar-refractivity contribution is -0.273. The van der Waals surface area contributed by atoms with Crippen LogP contribution in [-0.4, -0.2) is 71.4 Å². The lowest BCUT2D eigenvalue weighted by Gasteiger charge is -2.47. The number of piperazine rings is 1. The van der Waals surface area contributed by atoms with Gasteiger partial charge < -0.3 is 14.7 Å². The van der Waals surface area contributed by atoms with Crippen LogP contribution in [0.5, 0.6) is 5.75 Å². The average molecular weight is 449 g/mol. The van der Waals surface area contributed by atoms with E-state index in [1.807, 2.05) is 0 Å². The van der Waals surface area contributed by atoms with Crippen molar-refractivity contribution >= 4 is 5.91 Å². The lowest BCUT2D eigenvalue weighted by Crippen LogP contribution is -2.63. The van der Waals surface area contributed by atoms with E-state index >= 15 is 0 Å². The number of carbonyl (C=O) groups excluding carboxylic acids is 1. The molecule has 0 spiro atoms. The third-order valence-corrected chi connectivity index (χ3v) is 6.00. The summed E-state index contributed by atoms with van der Waals surface area (Å²) >= 11 is 0. The Morgan fingerprint density at radius 1 is 1.19 bits per heavy atom. The number of halogens is 4. The minimum atomic E-state index is -4.91. The molecule has 1 heterocycles. The Kier molecular flexibility index (Phi) is 7.32. The van der Waals surface area contributed by atoms with Crippen molar-refractivity contribution < 1.29 is 32.2 Å². The summed E-state index contributed by atoms with van der Waals surface area (Å²) in [5.41, 5.74) is -4.03. The predicted octanol–water partition coefficient (Wildman–Crippen LogP) is 3.74. The number of β-amino-alcohol motifs (C(OH)–C–C–N with tert-alkyl or cyclic N) is 1. The largest absolute Gasteiger partial charge is 0.496 e. The highest BCUT2D eigenvalue weighted by Gasteiger charge is 2.57. The predicted molar refractivity (Wildman–Crippen MR) is 109 cm³/mol. The van der Waals surface area contributed by atoms with E-state index in [4.69, 9.17) is 4.74 Å². The number of benzene rings is 1. The maximum Gasteiger partial charge on any atom is 0.418 e. The molecule has 1 fully saturated rings. The molecule has 9 heteroatoms. The van der Waals surface area contributed by atoms with Crippen molar-refractivity contribution in [3.8, 4) is 5.75 Å². The minimum Gasteiger partial charge on any atom is -0.496 e. The second-order valence-corrected chi connectivity index (χ2v) is 9.25. The quantitative estimate of drug-likeness (QED) is 0.674. The van der Waals surface area contributed by atoms with Gasteiger partial charge in [-0.3, -0.25) is 9.69 Å². The van der Waals surface area contributed by atoms with E-state index in [9.17, 15) is 27.5 Å². The first-order valence-electron chi connectivity index (χ1n) is 10.3. The summed E-state index contributed by atoms with van der Waals surface area (Å²) in [6, 6.07) is 3.12. The fourth-order valence-corrected chi connectivity index (χ4v) is 4.83. The Labute approximate surface area is 181 Å². The molecule has 1 aromatic rings. The maximum atomic E-state index is 14.1. The molecule has 0 aromatic heterocycles. The Balaban J connectivity index is 2.33. The van der Waals surface area contributed by atoms with E-state index in [2.05, 4.69) is 0 Å². The maximum absolute atomic E-state index is 14.1. The first kappa shape index (κ1) is 25.4. The van der Waals surface area contributed by atoms with Crippen LogP contribution in [-0.2, 0) is 10.2 Å². The fourth-order valence-electron chi connectivity index (χ4n) is 4.83. The van der Waals surface area contributed by atoms with Crippen LogP contribution in [0.2, 0.25) is 0 Å². The van der Waals surface area contributed by atoms with Crippen molar-refractivity contribution in [1.82, 2.24) is 9.80 Å². The van der Waals surface area contributed by atoms with E-state index in [1.54, 1.807) is 23.6 Å². The molecular weight excluding hydrogens is 416 g/mol. The summed E-state index contributed by atoms with van der Waals surface area (Å²) in [6.07, 6.45) is -5.59. The van der Waals surface area contributed by atoms with E-state index in [0.717, 1.165) is 6.07 Å². The summed E-state index contributed by atoms with van der Waals surface area (Å²) < 4.78 is 61.4. The number of ether oxygens (including phenoxy) is 1. The van der Waals surface area contributed by atoms with Gasteiger partial charge in [0.25, 0.3) is 0 Å². The molecule has 0 aliphatic carbocycles. The molecule has 5 nitrogen and oxygen atoms in total. The second-order valence-electron chi connectivity index (χ2n) is 9.25. The van der Waals surface area contributed by atoms with E-state index in [0.29, 0.717) is 0 Å². The van der Waals surface area contributed by atoms with Crippen LogP contribution in [0.3, 0.4) is 0 Å². The zero-order valence-corrected chi connectivity index (χ0v) is 18.9. The second kappa shape index (κ2) is 8.94. The van der Waals surface area contributed by atoms with Crippen LogP contribution >= 0.6 is 0 Å². The summed E-state index contributed by atoms with van der Waals surface area (Å²) in [5.74, 6) is -0.472. The van der Waals surface area contributed by atoms with Gasteiger partial charge in [-0.25, -0.2) is 4.39 Å². The number of rotatable bonds is 6. The summed E-state index contributed by atoms with van der Waals surface area (Å²) in [7, 11) is 1.36. The van der Waals surface area contributed by atoms with Gasteiger partial charge in [0, 0.05) is 44.2 Å². The summed E-state index contributed by atoms with van der Waals surface area (Å²) in [5, 5.41) is 10.9. The van der Waals surface area contributed by atoms with Gasteiger partial charge in [-0.15, -0.1) is 0 Å². The number of amides is 1. The number of hydrogen-bond donors (Lipinski definition) is 1. The van der Waals surface area contributed by atoms with Crippen LogP contribution in [0.4, 0.5) is 17.6 Å². The molecule has 0 radical (unpaired) electrons. The number of nitrogens with zero attached hydrogens (tertiary/aromatic N) is 2. The van der Waals surface area contributed by atoms with Gasteiger partial charge in [-0.2, -0.15) is 13.2 Å². The number of hydrogen-bond acceptors (Lipinski definition) is 4. The van der Waals surface area contributed by atoms with Crippen LogP contribution in [0.25, 0.3) is 0 Å². The molecule has 176 valence electrons. The zero-order valence-electron chi connectivity index (χ0n) is 18.9. The molecule has 3 atom stereocenters. The molecule has 3 unspecified atom stereocenters. The number of carbonyl (C=O) groups is 1. The molecule has 1 saturated heterocycles. The topological polar surface area (TPSA) is 53.0 Å². The molecule has 2 rings (SSSR count). The van der Waals surface area contributed by atoms with Crippen LogP contribution in [0, 0.1) is 5.82 Å². The highest BCUT2D eigenvalue weighted by atomic mass is 19.4. The Morgan fingerprint density at radius 3 is 2.19 bits per heavy atom. The standard InChI is InChI=1S/C22H32F4N2O3/c1-14-10-27(11-15(2)28(14)16(3)29)13-21(30,22(24,25)26)12-20(4,5)18-9-17(23)7-8-19(18)31-6/h7-9,14-15,30H,10-13H2,1-6H3. The van der Waals surface area contributed by atoms with E-state index in [1.165, 1.54) is 40.0 Å². The molecule has 1 amide bonds. The first-order valence-corrected chi connectivity index (χ1v) is 10.3. The molecule has 0 bridgehead atoms. The summed E-state index contributed by atoms with van der Waals surface area (Å²) in [4.78, 5) is 15.0. The van der Waals surface area contributed by atoms with Crippen LogP contribution in [0.1, 0.15) is 46.6 Å². The van der Waals surface area contributed by atoms with Gasteiger partial charge in [-0.1, -0.05) is 13.8 Å². The zero-order chi connectivity index (χ0) is 23.8. The molecule has 1 aromatic carbocycles. The average Bonchev–Trinajstić information content (AvgIpc) is 2.59. The van der Waals surface area contributed by atoms with Crippen molar-refractivity contribution in [2.75, 3.05) is 26.7 Å². The van der Waals surface area contributed by atoms with Crippen molar-refractivity contribution in [3.63, 3.8) is 0 Å². The Morgan fingerprint density at radius 2 is 1.74 bits per heavy atom. The first-order chi connectivity index (χ1) is 14.1. The van der Waals surface area contributed by atoms with Crippen molar-refractivity contribution in [1.29, 1.82) is 0 Å². The van der Waals surface area contributed by atoms with Crippen LogP contribution < -0.4 is 4.74 Å². The fraction of sp³-hybridized carbons (Fsp3) is 0.682. The molecule has 0 saturated carbocycles. The van der Waals surface area contributed by atoms with Crippen LogP contribution in [0.15, 0.2) is 18.2 Å². The highest BCUT2D eigenvalue weighted by Crippen LogP contribution is 2.44. The number of methoxy groups -OCH3 is 1. The van der Waals surface area contributed by atoms with Gasteiger partial charge in [0.1, 0.15) is 11.6 Å². The Bertz CT molecular complexity index is 787. The van der Waals surface area contributed by atoms with Crippen molar-refractivity contribution in [2.24, 2.45) is 0 Å². The monoisotopic (exact) mass is 448 g/mol. The molecule has 1 aliphatic heterocycles. The van der Waals surface area contributed by atoms with E-state index < -0.39 is 36.0 Å². The molecular formula is C22H32F4N2O3. The molecule has 31 heavy (non-hydrogen) atoms. The van der Waals surface area contributed by atoms with Crippen molar-refractivity contribution in [2.45, 2.75) is 70.3 Å². The van der Waals surface area contributed by atoms with Gasteiger partial charge in [0.2, 0.25) is 5.91 Å². The molecule has 1 N–H and O–H groups in total. The number of aliphatic hydroxyl groups is 1. The molecule has 1 aliphatic rings. The van der Waals surface area contributed by atoms with Crippen molar-refractivity contribution in [3.05, 3.63) is 29.6 Å².